The predicted octanol–water partition coefficient (Wildman–Crippen LogP) is 1.56. The van der Waals surface area contributed by atoms with Crippen molar-refractivity contribution in [3.63, 3.8) is 0 Å². The number of nitrogens with zero attached hydrogens (tertiary/aromatic N) is 2. The lowest BCUT2D eigenvalue weighted by atomic mass is 9.81. The number of thiazole rings is 1. The van der Waals surface area contributed by atoms with Crippen molar-refractivity contribution in [2.24, 2.45) is 10.9 Å². The van der Waals surface area contributed by atoms with Crippen molar-refractivity contribution in [3.05, 3.63) is 79.3 Å². The zero-order chi connectivity index (χ0) is 21.0. The number of phenolic OH excluding ortho intramolecular Hbond substituents is 1. The molecule has 0 saturated carbocycles. The van der Waals surface area contributed by atoms with Crippen LogP contribution in [0.25, 0.3) is 6.08 Å². The number of para-hydroxylation sites is 2. The Labute approximate surface area is 175 Å². The van der Waals surface area contributed by atoms with Crippen LogP contribution in [0.2, 0.25) is 0 Å². The van der Waals surface area contributed by atoms with Crippen LogP contribution in [0.5, 0.6) is 11.5 Å². The van der Waals surface area contributed by atoms with Gasteiger partial charge in [0.2, 0.25) is 5.72 Å². The molecule has 0 aliphatic carbocycles. The van der Waals surface area contributed by atoms with Gasteiger partial charge in [0.25, 0.3) is 5.56 Å². The van der Waals surface area contributed by atoms with Crippen LogP contribution in [0.4, 0.5) is 0 Å². The molecule has 30 heavy (non-hydrogen) atoms. The number of carbonyl (C=O) groups is 1. The molecule has 7 nitrogen and oxygen atoms in total. The summed E-state index contributed by atoms with van der Waals surface area (Å²) in [6, 6.07) is 13.5. The summed E-state index contributed by atoms with van der Waals surface area (Å²) in [5.41, 5.74) is -0.213. The van der Waals surface area contributed by atoms with E-state index in [0.717, 1.165) is 5.56 Å². The zero-order valence-electron chi connectivity index (χ0n) is 16.2. The number of hydrogen-bond donors (Lipinski definition) is 1. The van der Waals surface area contributed by atoms with E-state index in [-0.39, 0.29) is 11.3 Å². The normalized spacial score (nSPS) is 24.3. The average molecular weight is 422 g/mol. The largest absolute Gasteiger partial charge is 0.507 e. The molecule has 8 heteroatoms. The van der Waals surface area contributed by atoms with Crippen LogP contribution in [0.3, 0.4) is 0 Å². The molecule has 152 valence electrons. The number of aromatic hydroxyl groups is 1. The summed E-state index contributed by atoms with van der Waals surface area (Å²) < 4.78 is 13.1. The molecule has 3 heterocycles. The molecule has 0 amide bonds. The maximum absolute atomic E-state index is 13.4. The van der Waals surface area contributed by atoms with Gasteiger partial charge in [-0.15, -0.1) is 0 Å². The van der Waals surface area contributed by atoms with Crippen molar-refractivity contribution < 1.29 is 19.4 Å². The van der Waals surface area contributed by atoms with Gasteiger partial charge in [0.05, 0.1) is 17.7 Å². The first kappa shape index (κ1) is 18.6. The summed E-state index contributed by atoms with van der Waals surface area (Å²) in [4.78, 5) is 31.3. The Hall–Kier alpha value is -3.39. The van der Waals surface area contributed by atoms with Crippen molar-refractivity contribution in [1.29, 1.82) is 0 Å². The summed E-state index contributed by atoms with van der Waals surface area (Å²) in [7, 11) is 1.32. The number of hydrogen-bond acceptors (Lipinski definition) is 7. The number of rotatable bonds is 2. The topological polar surface area (TPSA) is 90.1 Å². The lowest BCUT2D eigenvalue weighted by Gasteiger charge is -2.44. The second kappa shape index (κ2) is 6.56. The van der Waals surface area contributed by atoms with Crippen LogP contribution >= 0.6 is 11.3 Å². The molecule has 0 unspecified atom stereocenters. The summed E-state index contributed by atoms with van der Waals surface area (Å²) in [5.74, 6) is -0.633. The minimum atomic E-state index is -1.20. The van der Waals surface area contributed by atoms with Gasteiger partial charge in [0, 0.05) is 11.1 Å². The minimum absolute atomic E-state index is 0.0806. The smallest absolute Gasteiger partial charge is 0.317 e. The molecule has 1 aromatic heterocycles. The van der Waals surface area contributed by atoms with E-state index in [1.54, 1.807) is 47.9 Å². The zero-order valence-corrected chi connectivity index (χ0v) is 17.1. The Kier molecular flexibility index (Phi) is 4.08. The highest BCUT2D eigenvalue weighted by Gasteiger charge is 2.55. The van der Waals surface area contributed by atoms with Gasteiger partial charge < -0.3 is 14.6 Å². The van der Waals surface area contributed by atoms with Crippen molar-refractivity contribution in [2.45, 2.75) is 18.7 Å². The van der Waals surface area contributed by atoms with Gasteiger partial charge in [-0.3, -0.25) is 14.2 Å². The predicted molar refractivity (Wildman–Crippen MR) is 110 cm³/mol. The maximum Gasteiger partial charge on any atom is 0.317 e. The lowest BCUT2D eigenvalue weighted by molar-refractivity contribution is -0.158. The van der Waals surface area contributed by atoms with E-state index < -0.39 is 23.7 Å². The molecule has 3 atom stereocenters. The second-order valence-electron chi connectivity index (χ2n) is 7.38. The van der Waals surface area contributed by atoms with Gasteiger partial charge >= 0.3 is 5.97 Å². The minimum Gasteiger partial charge on any atom is -0.507 e. The van der Waals surface area contributed by atoms with Gasteiger partial charge in [-0.05, 0) is 25.1 Å². The first-order valence-corrected chi connectivity index (χ1v) is 10.2. The number of esters is 1. The Balaban J connectivity index is 1.81. The van der Waals surface area contributed by atoms with E-state index in [4.69, 9.17) is 9.47 Å². The van der Waals surface area contributed by atoms with Crippen molar-refractivity contribution in [3.8, 4) is 11.5 Å². The average Bonchev–Trinajstić information content (AvgIpc) is 3.02. The highest BCUT2D eigenvalue weighted by molar-refractivity contribution is 7.07. The fraction of sp³-hybridized carbons (Fsp3) is 0.227. The third-order valence-corrected chi connectivity index (χ3v) is 6.54. The van der Waals surface area contributed by atoms with Crippen LogP contribution in [-0.2, 0) is 9.53 Å². The van der Waals surface area contributed by atoms with Gasteiger partial charge in [-0.2, -0.15) is 0 Å². The number of benzene rings is 2. The van der Waals surface area contributed by atoms with E-state index in [2.05, 4.69) is 4.99 Å². The van der Waals surface area contributed by atoms with Crippen molar-refractivity contribution in [2.75, 3.05) is 7.11 Å². The Morgan fingerprint density at radius 2 is 2.00 bits per heavy atom. The van der Waals surface area contributed by atoms with Crippen molar-refractivity contribution in [1.82, 2.24) is 4.57 Å². The van der Waals surface area contributed by atoms with Crippen molar-refractivity contribution >= 4 is 23.4 Å². The van der Waals surface area contributed by atoms with Crippen LogP contribution in [0, 0.1) is 5.92 Å². The van der Waals surface area contributed by atoms with E-state index in [9.17, 15) is 14.7 Å². The molecule has 2 aromatic carbocycles. The highest BCUT2D eigenvalue weighted by Crippen LogP contribution is 2.47. The Morgan fingerprint density at radius 1 is 1.27 bits per heavy atom. The molecule has 0 fully saturated rings. The fourth-order valence-electron chi connectivity index (χ4n) is 4.18. The molecule has 0 spiro atoms. The van der Waals surface area contributed by atoms with Crippen LogP contribution in [0.15, 0.2) is 58.3 Å². The molecular weight excluding hydrogens is 404 g/mol. The standard InChI is InChI=1S/C22H18N2O5S/c1-22-17(20(27)28-2)18(13-8-4-6-10-15(13)29-22)24-19(26)16(30-21(24)23-22)11-12-7-3-5-9-14(12)25/h3-11,17-18,25H,1-2H3/b16-11-/t17-,18+,22-/m0/s1. The maximum atomic E-state index is 13.4. The molecular formula is C22H18N2O5S. The lowest BCUT2D eigenvalue weighted by Crippen LogP contribution is -2.58. The van der Waals surface area contributed by atoms with E-state index >= 15 is 0 Å². The van der Waals surface area contributed by atoms with E-state index in [1.165, 1.54) is 18.4 Å². The molecule has 2 bridgehead atoms. The second-order valence-corrected chi connectivity index (χ2v) is 8.39. The van der Waals surface area contributed by atoms with Gasteiger partial charge in [-0.25, -0.2) is 4.99 Å². The molecule has 2 aliphatic rings. The Bertz CT molecular complexity index is 1360. The number of methoxy groups -OCH3 is 1. The number of phenols is 1. The summed E-state index contributed by atoms with van der Waals surface area (Å²) in [6.07, 6.45) is 1.63. The number of ether oxygens (including phenoxy) is 2. The van der Waals surface area contributed by atoms with Crippen LogP contribution in [-0.4, -0.2) is 28.5 Å². The summed E-state index contributed by atoms with van der Waals surface area (Å²) >= 11 is 1.20. The SMILES string of the molecule is COC(=O)[C@@H]1[C@H]2c3ccccc3O[C@]1(C)N=c1s/c(=C\c3ccccc3O)c(=O)n12. The monoisotopic (exact) mass is 422 g/mol. The molecule has 0 saturated heterocycles. The van der Waals surface area contributed by atoms with Crippen LogP contribution < -0.4 is 19.6 Å². The Morgan fingerprint density at radius 3 is 2.77 bits per heavy atom. The third kappa shape index (κ3) is 2.60. The van der Waals surface area contributed by atoms with Gasteiger partial charge in [0.1, 0.15) is 17.4 Å². The number of fused-ring (bicyclic) bond motifs is 6. The highest BCUT2D eigenvalue weighted by atomic mass is 32.1. The number of aromatic nitrogens is 1. The molecule has 3 aromatic rings. The third-order valence-electron chi connectivity index (χ3n) is 5.56. The molecule has 2 aliphatic heterocycles. The van der Waals surface area contributed by atoms with Gasteiger partial charge in [-0.1, -0.05) is 47.7 Å². The summed E-state index contributed by atoms with van der Waals surface area (Å²) in [5, 5.41) is 10.1. The van der Waals surface area contributed by atoms with Crippen LogP contribution in [0.1, 0.15) is 24.1 Å². The fourth-order valence-corrected chi connectivity index (χ4v) is 5.27. The molecule has 0 radical (unpaired) electrons. The summed E-state index contributed by atoms with van der Waals surface area (Å²) in [6.45, 7) is 1.73. The first-order valence-electron chi connectivity index (χ1n) is 9.39. The van der Waals surface area contributed by atoms with E-state index in [1.807, 2.05) is 18.2 Å². The molecule has 1 N–H and O–H groups in total. The van der Waals surface area contributed by atoms with Gasteiger partial charge in [0.15, 0.2) is 4.80 Å². The van der Waals surface area contributed by atoms with E-state index in [0.29, 0.717) is 20.6 Å². The number of carbonyl (C=O) groups excluding carboxylic acids is 1. The molecule has 5 rings (SSSR count). The first-order chi connectivity index (χ1) is 14.4. The quantitative estimate of drug-likeness (QED) is 0.633.